The highest BCUT2D eigenvalue weighted by Crippen LogP contribution is 2.58. The van der Waals surface area contributed by atoms with Crippen molar-refractivity contribution >= 4 is 55.9 Å². The third kappa shape index (κ3) is 6.52. The molecule has 1 aromatic heterocycles. The van der Waals surface area contributed by atoms with Gasteiger partial charge in [-0.05, 0) is 147 Å². The molecular weight excluding hydrogens is 883 g/mol. The van der Waals surface area contributed by atoms with Crippen molar-refractivity contribution in [3.63, 3.8) is 0 Å². The lowest BCUT2D eigenvalue weighted by Gasteiger charge is -2.46. The normalized spacial score (nSPS) is 13.8. The van der Waals surface area contributed by atoms with Gasteiger partial charge < -0.3 is 14.4 Å². The van der Waals surface area contributed by atoms with Gasteiger partial charge in [-0.2, -0.15) is 0 Å². The van der Waals surface area contributed by atoms with E-state index in [1.165, 1.54) is 77.4 Å². The number of anilines is 6. The predicted molar refractivity (Wildman–Crippen MR) is 305 cm³/mol. The van der Waals surface area contributed by atoms with E-state index in [0.717, 1.165) is 39.8 Å². The molecule has 0 bridgehead atoms. The summed E-state index contributed by atoms with van der Waals surface area (Å²) in [6, 6.07) is 101. The van der Waals surface area contributed by atoms with Gasteiger partial charge in [0.25, 0.3) is 0 Å². The van der Waals surface area contributed by atoms with E-state index in [2.05, 4.69) is 301 Å². The highest BCUT2D eigenvalue weighted by Gasteiger charge is 2.46. The summed E-state index contributed by atoms with van der Waals surface area (Å²) in [6.45, 7) is 4.72. The summed E-state index contributed by atoms with van der Waals surface area (Å²) in [7, 11) is 0. The summed E-state index contributed by atoms with van der Waals surface area (Å²) in [5.74, 6) is 0. The van der Waals surface area contributed by atoms with Crippen LogP contribution in [0.4, 0.5) is 34.1 Å². The second kappa shape index (κ2) is 16.7. The SMILES string of the molecule is CC1(C)c2ccccc2-c2ccc(N(c3ccc(-c4ccccc4)cc3)c3ccc(N4c5ccccc5C(c5ccccc5)(c5ccc6c(c5)c5ccccc5n6-c5ccccc5)c5ccccc54)cc3)cc21. The quantitative estimate of drug-likeness (QED) is 0.150. The Bertz CT molecular complexity index is 3990. The largest absolute Gasteiger partial charge is 0.310 e. The van der Waals surface area contributed by atoms with Crippen LogP contribution in [0.3, 0.4) is 0 Å². The first-order valence-corrected chi connectivity index (χ1v) is 25.4. The van der Waals surface area contributed by atoms with Gasteiger partial charge >= 0.3 is 0 Å². The Balaban J connectivity index is 0.926. The Morgan fingerprint density at radius 1 is 0.329 bits per heavy atom. The lowest BCUT2D eigenvalue weighted by molar-refractivity contribution is 0.660. The first kappa shape index (κ1) is 42.7. The molecule has 0 saturated carbocycles. The molecule has 0 N–H and O–H groups in total. The van der Waals surface area contributed by atoms with Gasteiger partial charge in [-0.15, -0.1) is 0 Å². The molecule has 12 aromatic rings. The maximum atomic E-state index is 2.48. The predicted octanol–water partition coefficient (Wildman–Crippen LogP) is 18.4. The summed E-state index contributed by atoms with van der Waals surface area (Å²) in [4.78, 5) is 4.89. The molecule has 14 rings (SSSR count). The van der Waals surface area contributed by atoms with Crippen molar-refractivity contribution in [3.05, 3.63) is 306 Å². The third-order valence-corrected chi connectivity index (χ3v) is 15.8. The van der Waals surface area contributed by atoms with E-state index in [9.17, 15) is 0 Å². The topological polar surface area (TPSA) is 11.4 Å². The van der Waals surface area contributed by atoms with Gasteiger partial charge in [0.05, 0.1) is 27.8 Å². The summed E-state index contributed by atoms with van der Waals surface area (Å²) in [5.41, 5.74) is 22.2. The molecule has 1 aliphatic carbocycles. The fourth-order valence-corrected chi connectivity index (χ4v) is 12.5. The molecule has 0 amide bonds. The molecule has 2 aliphatic rings. The van der Waals surface area contributed by atoms with Gasteiger partial charge in [0.1, 0.15) is 0 Å². The Labute approximate surface area is 427 Å². The molecule has 2 heterocycles. The Kier molecular flexibility index (Phi) is 9.78. The first-order chi connectivity index (χ1) is 36.0. The fourth-order valence-electron chi connectivity index (χ4n) is 12.5. The third-order valence-electron chi connectivity index (χ3n) is 15.8. The molecule has 0 saturated heterocycles. The number of rotatable bonds is 8. The molecular formula is C70H51N3. The summed E-state index contributed by atoms with van der Waals surface area (Å²) in [5, 5.41) is 2.47. The average molecular weight is 934 g/mol. The molecule has 3 heteroatoms. The zero-order valence-corrected chi connectivity index (χ0v) is 40.8. The van der Waals surface area contributed by atoms with Crippen molar-refractivity contribution < 1.29 is 0 Å². The van der Waals surface area contributed by atoms with Crippen molar-refractivity contribution in [1.82, 2.24) is 4.57 Å². The number of hydrogen-bond donors (Lipinski definition) is 0. The lowest BCUT2D eigenvalue weighted by atomic mass is 9.62. The van der Waals surface area contributed by atoms with Crippen LogP contribution in [0.1, 0.15) is 47.2 Å². The minimum absolute atomic E-state index is 0.133. The Morgan fingerprint density at radius 3 is 1.55 bits per heavy atom. The smallest absolute Gasteiger partial charge is 0.0742 e. The van der Waals surface area contributed by atoms with Crippen LogP contribution in [-0.4, -0.2) is 4.57 Å². The first-order valence-electron chi connectivity index (χ1n) is 25.4. The van der Waals surface area contributed by atoms with Gasteiger partial charge in [0.15, 0.2) is 0 Å². The van der Waals surface area contributed by atoms with Crippen LogP contribution in [0, 0.1) is 0 Å². The number of hydrogen-bond acceptors (Lipinski definition) is 2. The monoisotopic (exact) mass is 933 g/mol. The zero-order valence-electron chi connectivity index (χ0n) is 40.8. The highest BCUT2D eigenvalue weighted by molar-refractivity contribution is 6.10. The summed E-state index contributed by atoms with van der Waals surface area (Å²) in [6.07, 6.45) is 0. The van der Waals surface area contributed by atoms with Crippen LogP contribution >= 0.6 is 0 Å². The second-order valence-electron chi connectivity index (χ2n) is 20.1. The summed E-state index contributed by atoms with van der Waals surface area (Å²) >= 11 is 0. The molecule has 0 radical (unpaired) electrons. The highest BCUT2D eigenvalue weighted by atomic mass is 15.2. The van der Waals surface area contributed by atoms with Crippen LogP contribution in [0.25, 0.3) is 49.7 Å². The molecule has 1 aliphatic heterocycles. The van der Waals surface area contributed by atoms with Crippen molar-refractivity contribution in [2.24, 2.45) is 0 Å². The zero-order chi connectivity index (χ0) is 48.7. The number of para-hydroxylation sites is 4. The molecule has 0 fully saturated rings. The van der Waals surface area contributed by atoms with E-state index >= 15 is 0 Å². The number of fused-ring (bicyclic) bond motifs is 8. The van der Waals surface area contributed by atoms with Crippen molar-refractivity contribution in [2.75, 3.05) is 9.80 Å². The van der Waals surface area contributed by atoms with Gasteiger partial charge in [0, 0.05) is 44.6 Å². The van der Waals surface area contributed by atoms with E-state index in [1.54, 1.807) is 0 Å². The minimum atomic E-state index is -0.640. The maximum Gasteiger partial charge on any atom is 0.0742 e. The van der Waals surface area contributed by atoms with Crippen molar-refractivity contribution in [2.45, 2.75) is 24.7 Å². The average Bonchev–Trinajstić information content (AvgIpc) is 3.91. The van der Waals surface area contributed by atoms with Gasteiger partial charge in [-0.3, -0.25) is 0 Å². The number of nitrogens with zero attached hydrogens (tertiary/aromatic N) is 3. The van der Waals surface area contributed by atoms with Crippen LogP contribution < -0.4 is 9.80 Å². The fraction of sp³-hybridized carbons (Fsp3) is 0.0571. The van der Waals surface area contributed by atoms with E-state index in [0.29, 0.717) is 0 Å². The Morgan fingerprint density at radius 2 is 0.849 bits per heavy atom. The number of benzene rings is 11. The van der Waals surface area contributed by atoms with E-state index in [4.69, 9.17) is 0 Å². The van der Waals surface area contributed by atoms with Crippen LogP contribution in [0.5, 0.6) is 0 Å². The molecule has 73 heavy (non-hydrogen) atoms. The van der Waals surface area contributed by atoms with Gasteiger partial charge in [-0.1, -0.05) is 196 Å². The maximum absolute atomic E-state index is 2.48. The Hall–Kier alpha value is -9.18. The lowest BCUT2D eigenvalue weighted by Crippen LogP contribution is -2.37. The molecule has 3 nitrogen and oxygen atoms in total. The molecule has 346 valence electrons. The van der Waals surface area contributed by atoms with Crippen LogP contribution in [0.2, 0.25) is 0 Å². The molecule has 0 spiro atoms. The van der Waals surface area contributed by atoms with Gasteiger partial charge in [-0.25, -0.2) is 0 Å². The van der Waals surface area contributed by atoms with Gasteiger partial charge in [0.2, 0.25) is 0 Å². The van der Waals surface area contributed by atoms with Crippen molar-refractivity contribution in [1.29, 1.82) is 0 Å². The van der Waals surface area contributed by atoms with E-state index in [1.807, 2.05) is 0 Å². The molecule has 0 atom stereocenters. The second-order valence-corrected chi connectivity index (χ2v) is 20.1. The summed E-state index contributed by atoms with van der Waals surface area (Å²) < 4.78 is 2.41. The standard InChI is InChI=1S/C70H51N3/c1-69(2)61-28-14-12-26-57(61)58-44-43-56(47-64(58)69)71(53-37-34-49(35-38-53)48-20-6-3-7-21-48)54-39-41-55(42-40-54)73-67-32-18-15-29-62(67)70(50-22-8-4-9-23-50,63-30-16-19-33-68(63)73)51-36-45-66-60(46-51)59-27-13-17-31-65(59)72(66)52-24-10-5-11-25-52/h3-47H,1-2H3. The number of aromatic nitrogens is 1. The molecule has 0 unspecified atom stereocenters. The van der Waals surface area contributed by atoms with Crippen molar-refractivity contribution in [3.8, 4) is 27.9 Å². The molecule has 11 aromatic carbocycles. The minimum Gasteiger partial charge on any atom is -0.310 e. The van der Waals surface area contributed by atoms with Crippen LogP contribution in [-0.2, 0) is 10.8 Å². The van der Waals surface area contributed by atoms with E-state index < -0.39 is 5.41 Å². The van der Waals surface area contributed by atoms with E-state index in [-0.39, 0.29) is 5.41 Å². The van der Waals surface area contributed by atoms with Crippen LogP contribution in [0.15, 0.2) is 273 Å².